The average Bonchev–Trinajstić information content (AvgIpc) is 2.92. The highest BCUT2D eigenvalue weighted by Gasteiger charge is 2.03. The van der Waals surface area contributed by atoms with Gasteiger partial charge in [0, 0.05) is 29.5 Å². The smallest absolute Gasteiger partial charge is 0.137 e. The quantitative estimate of drug-likeness (QED) is 0.513. The van der Waals surface area contributed by atoms with Gasteiger partial charge in [-0.2, -0.15) is 0 Å². The standard InChI is InChI=1S/C16H11N3/c1-2-8-17-14(4-1)12-6-7-15-13(10-12)11-19-9-3-5-16(19)18-15/h1-11H. The largest absolute Gasteiger partial charge is 0.308 e. The minimum atomic E-state index is 0.970. The third kappa shape index (κ3) is 1.67. The van der Waals surface area contributed by atoms with E-state index in [0.29, 0.717) is 0 Å². The van der Waals surface area contributed by atoms with Crippen LogP contribution in [0.15, 0.2) is 67.1 Å². The van der Waals surface area contributed by atoms with Gasteiger partial charge in [-0.15, -0.1) is 0 Å². The molecule has 0 radical (unpaired) electrons. The molecule has 0 aliphatic heterocycles. The van der Waals surface area contributed by atoms with Gasteiger partial charge in [0.1, 0.15) is 5.65 Å². The highest BCUT2D eigenvalue weighted by Crippen LogP contribution is 2.22. The predicted molar refractivity (Wildman–Crippen MR) is 75.9 cm³/mol. The van der Waals surface area contributed by atoms with E-state index in [2.05, 4.69) is 28.3 Å². The molecular formula is C16H11N3. The van der Waals surface area contributed by atoms with Crippen molar-refractivity contribution in [2.24, 2.45) is 0 Å². The van der Waals surface area contributed by atoms with Crippen LogP contribution in [0.2, 0.25) is 0 Å². The molecule has 3 nitrogen and oxygen atoms in total. The van der Waals surface area contributed by atoms with Crippen LogP contribution in [-0.2, 0) is 0 Å². The second kappa shape index (κ2) is 3.92. The van der Waals surface area contributed by atoms with E-state index in [9.17, 15) is 0 Å². The van der Waals surface area contributed by atoms with Crippen molar-refractivity contribution in [1.29, 1.82) is 0 Å². The zero-order valence-electron chi connectivity index (χ0n) is 10.2. The zero-order valence-corrected chi connectivity index (χ0v) is 10.2. The van der Waals surface area contributed by atoms with Gasteiger partial charge in [-0.3, -0.25) is 4.98 Å². The van der Waals surface area contributed by atoms with Gasteiger partial charge in [0.2, 0.25) is 0 Å². The van der Waals surface area contributed by atoms with Crippen molar-refractivity contribution in [3.05, 3.63) is 67.1 Å². The van der Waals surface area contributed by atoms with Crippen molar-refractivity contribution in [3.63, 3.8) is 0 Å². The monoisotopic (exact) mass is 245 g/mol. The summed E-state index contributed by atoms with van der Waals surface area (Å²) in [5.41, 5.74) is 4.07. The van der Waals surface area contributed by atoms with E-state index in [4.69, 9.17) is 0 Å². The van der Waals surface area contributed by atoms with Gasteiger partial charge in [0.25, 0.3) is 0 Å². The minimum Gasteiger partial charge on any atom is -0.308 e. The molecule has 0 spiro atoms. The first kappa shape index (κ1) is 10.3. The van der Waals surface area contributed by atoms with Crippen LogP contribution < -0.4 is 0 Å². The lowest BCUT2D eigenvalue weighted by molar-refractivity contribution is 1.17. The number of nitrogens with zero attached hydrogens (tertiary/aromatic N) is 3. The number of pyridine rings is 1. The molecule has 0 amide bonds. The lowest BCUT2D eigenvalue weighted by Crippen LogP contribution is -1.89. The first-order chi connectivity index (χ1) is 9.40. The van der Waals surface area contributed by atoms with E-state index < -0.39 is 0 Å². The molecule has 4 aromatic rings. The van der Waals surface area contributed by atoms with E-state index in [0.717, 1.165) is 27.8 Å². The van der Waals surface area contributed by atoms with Crippen LogP contribution in [0.1, 0.15) is 0 Å². The highest BCUT2D eigenvalue weighted by atomic mass is 15.0. The molecule has 4 rings (SSSR count). The fourth-order valence-corrected chi connectivity index (χ4v) is 2.31. The molecule has 1 aromatic carbocycles. The van der Waals surface area contributed by atoms with Gasteiger partial charge in [0.15, 0.2) is 0 Å². The Morgan fingerprint density at radius 1 is 0.947 bits per heavy atom. The molecule has 0 aliphatic carbocycles. The van der Waals surface area contributed by atoms with Crippen molar-refractivity contribution >= 4 is 16.6 Å². The summed E-state index contributed by atoms with van der Waals surface area (Å²) in [6.07, 6.45) is 5.92. The first-order valence-electron chi connectivity index (χ1n) is 6.19. The summed E-state index contributed by atoms with van der Waals surface area (Å²) in [5, 5.41) is 1.12. The maximum atomic E-state index is 4.62. The Balaban J connectivity index is 1.97. The Morgan fingerprint density at radius 2 is 1.95 bits per heavy atom. The number of fused-ring (bicyclic) bond motifs is 2. The fourth-order valence-electron chi connectivity index (χ4n) is 2.31. The number of benzene rings is 1. The van der Waals surface area contributed by atoms with E-state index in [1.807, 2.05) is 53.2 Å². The molecule has 19 heavy (non-hydrogen) atoms. The molecular weight excluding hydrogens is 234 g/mol. The van der Waals surface area contributed by atoms with Crippen LogP contribution in [0, 0.1) is 0 Å². The van der Waals surface area contributed by atoms with Gasteiger partial charge in [0.05, 0.1) is 11.2 Å². The molecule has 90 valence electrons. The van der Waals surface area contributed by atoms with Crippen LogP contribution >= 0.6 is 0 Å². The molecule has 0 saturated heterocycles. The molecule has 0 unspecified atom stereocenters. The van der Waals surface area contributed by atoms with Crippen molar-refractivity contribution in [2.75, 3.05) is 0 Å². The third-order valence-corrected chi connectivity index (χ3v) is 3.26. The molecule has 0 aliphatic rings. The Bertz CT molecular complexity index is 863. The summed E-state index contributed by atoms with van der Waals surface area (Å²) in [5.74, 6) is 0. The van der Waals surface area contributed by atoms with E-state index >= 15 is 0 Å². The van der Waals surface area contributed by atoms with Crippen LogP contribution in [0.25, 0.3) is 27.8 Å². The van der Waals surface area contributed by atoms with Gasteiger partial charge in [-0.1, -0.05) is 12.1 Å². The lowest BCUT2D eigenvalue weighted by Gasteiger charge is -2.04. The van der Waals surface area contributed by atoms with Crippen LogP contribution in [0.4, 0.5) is 0 Å². The van der Waals surface area contributed by atoms with E-state index in [1.165, 1.54) is 0 Å². The lowest BCUT2D eigenvalue weighted by atomic mass is 10.1. The molecule has 0 N–H and O–H groups in total. The number of rotatable bonds is 1. The third-order valence-electron chi connectivity index (χ3n) is 3.26. The SMILES string of the molecule is c1ccc(-c2ccc3nc4cccn4cc3c2)nc1. The van der Waals surface area contributed by atoms with Crippen LogP contribution in [0.3, 0.4) is 0 Å². The Labute approximate surface area is 110 Å². The fraction of sp³-hybridized carbons (Fsp3) is 0. The molecule has 3 heterocycles. The molecule has 0 atom stereocenters. The number of hydrogen-bond donors (Lipinski definition) is 0. The summed E-state index contributed by atoms with van der Waals surface area (Å²) >= 11 is 0. The van der Waals surface area contributed by atoms with Gasteiger partial charge in [-0.25, -0.2) is 4.98 Å². The maximum absolute atomic E-state index is 4.62. The van der Waals surface area contributed by atoms with Gasteiger partial charge < -0.3 is 4.40 Å². The Morgan fingerprint density at radius 3 is 2.84 bits per heavy atom. The summed E-state index contributed by atoms with van der Waals surface area (Å²) in [6, 6.07) is 16.2. The second-order valence-corrected chi connectivity index (χ2v) is 4.50. The van der Waals surface area contributed by atoms with Crippen molar-refractivity contribution in [2.45, 2.75) is 0 Å². The molecule has 3 aromatic heterocycles. The average molecular weight is 245 g/mol. The first-order valence-corrected chi connectivity index (χ1v) is 6.19. The molecule has 0 fully saturated rings. The topological polar surface area (TPSA) is 30.2 Å². The Kier molecular flexibility index (Phi) is 2.12. The normalized spacial score (nSPS) is 11.2. The zero-order chi connectivity index (χ0) is 12.7. The van der Waals surface area contributed by atoms with Gasteiger partial charge in [-0.05, 0) is 36.4 Å². The Hall–Kier alpha value is -2.68. The summed E-state index contributed by atoms with van der Waals surface area (Å²) in [6.45, 7) is 0. The number of aromatic nitrogens is 3. The van der Waals surface area contributed by atoms with Crippen molar-refractivity contribution in [3.8, 4) is 11.3 Å². The maximum Gasteiger partial charge on any atom is 0.137 e. The van der Waals surface area contributed by atoms with Gasteiger partial charge >= 0.3 is 0 Å². The van der Waals surface area contributed by atoms with E-state index in [1.54, 1.807) is 0 Å². The highest BCUT2D eigenvalue weighted by molar-refractivity contribution is 5.84. The summed E-state index contributed by atoms with van der Waals surface area (Å²) in [4.78, 5) is 9.00. The van der Waals surface area contributed by atoms with Crippen LogP contribution in [0.5, 0.6) is 0 Å². The number of hydrogen-bond acceptors (Lipinski definition) is 2. The molecule has 0 bridgehead atoms. The van der Waals surface area contributed by atoms with Crippen LogP contribution in [-0.4, -0.2) is 14.4 Å². The second-order valence-electron chi connectivity index (χ2n) is 4.50. The minimum absolute atomic E-state index is 0.970. The molecule has 0 saturated carbocycles. The van der Waals surface area contributed by atoms with Crippen molar-refractivity contribution in [1.82, 2.24) is 14.4 Å². The molecule has 3 heteroatoms. The predicted octanol–water partition coefficient (Wildman–Crippen LogP) is 3.55. The van der Waals surface area contributed by atoms with Crippen molar-refractivity contribution < 1.29 is 0 Å². The summed E-state index contributed by atoms with van der Waals surface area (Å²) < 4.78 is 2.03. The van der Waals surface area contributed by atoms with E-state index in [-0.39, 0.29) is 0 Å². The summed E-state index contributed by atoms with van der Waals surface area (Å²) in [7, 11) is 0.